The molecule has 1 N–H and O–H groups in total. The quantitative estimate of drug-likeness (QED) is 0.899. The van der Waals surface area contributed by atoms with Gasteiger partial charge in [-0.15, -0.1) is 11.3 Å². The van der Waals surface area contributed by atoms with Gasteiger partial charge in [-0.3, -0.25) is 0 Å². The molecular weight excluding hydrogens is 290 g/mol. The van der Waals surface area contributed by atoms with Crippen LogP contribution in [0.15, 0.2) is 29.6 Å². The van der Waals surface area contributed by atoms with Crippen LogP contribution < -0.4 is 5.32 Å². The van der Waals surface area contributed by atoms with Crippen molar-refractivity contribution in [1.29, 1.82) is 0 Å². The van der Waals surface area contributed by atoms with Crippen LogP contribution in [0.25, 0.3) is 10.1 Å². The standard InChI is InChI=1S/C15H19NS3/c1-2-16-14(13-10-17-8-9-18-13)12-5-3-4-11-6-7-19-15(11)12/h3-7,13-14,16H,2,8-10H2,1H3. The summed E-state index contributed by atoms with van der Waals surface area (Å²) in [6, 6.07) is 9.46. The molecule has 1 saturated heterocycles. The number of nitrogens with one attached hydrogen (secondary N) is 1. The van der Waals surface area contributed by atoms with Gasteiger partial charge >= 0.3 is 0 Å². The van der Waals surface area contributed by atoms with E-state index in [1.54, 1.807) is 0 Å². The van der Waals surface area contributed by atoms with Gasteiger partial charge in [-0.05, 0) is 28.9 Å². The van der Waals surface area contributed by atoms with Gasteiger partial charge in [0.25, 0.3) is 0 Å². The zero-order valence-corrected chi connectivity index (χ0v) is 13.5. The maximum absolute atomic E-state index is 3.72. The van der Waals surface area contributed by atoms with Crippen LogP contribution in [0.2, 0.25) is 0 Å². The highest BCUT2D eigenvalue weighted by Crippen LogP contribution is 2.37. The Morgan fingerprint density at radius 1 is 1.32 bits per heavy atom. The lowest BCUT2D eigenvalue weighted by molar-refractivity contribution is 0.554. The summed E-state index contributed by atoms with van der Waals surface area (Å²) >= 11 is 6.12. The number of thiophene rings is 1. The molecule has 1 aromatic heterocycles. The van der Waals surface area contributed by atoms with Crippen molar-refractivity contribution < 1.29 is 0 Å². The van der Waals surface area contributed by atoms with Gasteiger partial charge in [0.1, 0.15) is 0 Å². The smallest absolute Gasteiger partial charge is 0.0462 e. The molecule has 0 radical (unpaired) electrons. The van der Waals surface area contributed by atoms with Crippen LogP contribution in [0.5, 0.6) is 0 Å². The van der Waals surface area contributed by atoms with Gasteiger partial charge in [-0.2, -0.15) is 23.5 Å². The highest BCUT2D eigenvalue weighted by Gasteiger charge is 2.26. The summed E-state index contributed by atoms with van der Waals surface area (Å²) in [5.41, 5.74) is 1.49. The van der Waals surface area contributed by atoms with Crippen molar-refractivity contribution in [2.75, 3.05) is 23.8 Å². The van der Waals surface area contributed by atoms with Crippen molar-refractivity contribution >= 4 is 44.9 Å². The zero-order chi connectivity index (χ0) is 13.1. The summed E-state index contributed by atoms with van der Waals surface area (Å²) < 4.78 is 1.46. The van der Waals surface area contributed by atoms with Crippen molar-refractivity contribution in [1.82, 2.24) is 5.32 Å². The Hall–Kier alpha value is -0.160. The predicted octanol–water partition coefficient (Wildman–Crippen LogP) is 4.40. The first kappa shape index (κ1) is 13.8. The minimum atomic E-state index is 0.491. The number of hydrogen-bond donors (Lipinski definition) is 1. The topological polar surface area (TPSA) is 12.0 Å². The summed E-state index contributed by atoms with van der Waals surface area (Å²) in [6.45, 7) is 3.25. The first-order valence-corrected chi connectivity index (χ1v) is 9.87. The van der Waals surface area contributed by atoms with Gasteiger partial charge in [-0.25, -0.2) is 0 Å². The van der Waals surface area contributed by atoms with E-state index in [9.17, 15) is 0 Å². The molecule has 1 aliphatic rings. The first-order valence-electron chi connectivity index (χ1n) is 6.79. The summed E-state index contributed by atoms with van der Waals surface area (Å²) in [4.78, 5) is 0. The van der Waals surface area contributed by atoms with E-state index in [-0.39, 0.29) is 0 Å². The lowest BCUT2D eigenvalue weighted by Crippen LogP contribution is -2.33. The molecule has 2 unspecified atom stereocenters. The third kappa shape index (κ3) is 2.97. The Labute approximate surface area is 127 Å². The molecule has 0 amide bonds. The molecule has 2 atom stereocenters. The van der Waals surface area contributed by atoms with Crippen LogP contribution in [-0.4, -0.2) is 29.1 Å². The number of thioether (sulfide) groups is 2. The number of fused-ring (bicyclic) bond motifs is 1. The minimum Gasteiger partial charge on any atom is -0.309 e. The van der Waals surface area contributed by atoms with Crippen molar-refractivity contribution in [3.63, 3.8) is 0 Å². The highest BCUT2D eigenvalue weighted by molar-refractivity contribution is 8.06. The van der Waals surface area contributed by atoms with E-state index >= 15 is 0 Å². The second kappa shape index (κ2) is 6.53. The van der Waals surface area contributed by atoms with Gasteiger partial charge in [0.05, 0.1) is 0 Å². The molecule has 0 spiro atoms. The fourth-order valence-corrected chi connectivity index (χ4v) is 6.43. The lowest BCUT2D eigenvalue weighted by Gasteiger charge is -2.30. The normalized spacial score (nSPS) is 21.6. The molecule has 1 fully saturated rings. The molecule has 1 nitrogen and oxygen atoms in total. The second-order valence-corrected chi connectivity index (χ2v) is 8.12. The molecule has 2 aromatic rings. The largest absolute Gasteiger partial charge is 0.309 e. The number of benzene rings is 1. The average Bonchev–Trinajstić information content (AvgIpc) is 2.94. The van der Waals surface area contributed by atoms with E-state index in [2.05, 4.69) is 65.4 Å². The molecule has 0 aliphatic carbocycles. The molecule has 19 heavy (non-hydrogen) atoms. The molecule has 0 saturated carbocycles. The highest BCUT2D eigenvalue weighted by atomic mass is 32.2. The van der Waals surface area contributed by atoms with Crippen LogP contribution in [0.4, 0.5) is 0 Å². The summed E-state index contributed by atoms with van der Waals surface area (Å²) in [7, 11) is 0. The van der Waals surface area contributed by atoms with Crippen molar-refractivity contribution in [2.24, 2.45) is 0 Å². The van der Waals surface area contributed by atoms with Crippen LogP contribution in [0.1, 0.15) is 18.5 Å². The second-order valence-electron chi connectivity index (χ2n) is 4.71. The Bertz CT molecular complexity index is 531. The number of hydrogen-bond acceptors (Lipinski definition) is 4. The van der Waals surface area contributed by atoms with Gasteiger partial charge < -0.3 is 5.32 Å². The fraction of sp³-hybridized carbons (Fsp3) is 0.467. The van der Waals surface area contributed by atoms with Gasteiger partial charge in [0.2, 0.25) is 0 Å². The molecule has 3 rings (SSSR count). The molecule has 1 aromatic carbocycles. The molecule has 4 heteroatoms. The summed E-state index contributed by atoms with van der Waals surface area (Å²) in [6.07, 6.45) is 0. The lowest BCUT2D eigenvalue weighted by atomic mass is 10.0. The predicted molar refractivity (Wildman–Crippen MR) is 91.8 cm³/mol. The molecule has 1 aliphatic heterocycles. The minimum absolute atomic E-state index is 0.491. The monoisotopic (exact) mass is 309 g/mol. The van der Waals surface area contributed by atoms with Crippen molar-refractivity contribution in [3.8, 4) is 0 Å². The van der Waals surface area contributed by atoms with E-state index < -0.39 is 0 Å². The van der Waals surface area contributed by atoms with Crippen molar-refractivity contribution in [2.45, 2.75) is 18.2 Å². The Kier molecular flexibility index (Phi) is 4.74. The summed E-state index contributed by atoms with van der Waals surface area (Å²) in [5, 5.41) is 8.02. The zero-order valence-electron chi connectivity index (χ0n) is 11.1. The van der Waals surface area contributed by atoms with Crippen molar-refractivity contribution in [3.05, 3.63) is 35.2 Å². The van der Waals surface area contributed by atoms with Gasteiger partial charge in [0.15, 0.2) is 0 Å². The molecule has 102 valence electrons. The van der Waals surface area contributed by atoms with E-state index in [4.69, 9.17) is 0 Å². The molecule has 0 bridgehead atoms. The number of rotatable bonds is 4. The van der Waals surface area contributed by atoms with E-state index in [1.165, 1.54) is 32.9 Å². The maximum Gasteiger partial charge on any atom is 0.0462 e. The third-order valence-electron chi connectivity index (χ3n) is 3.48. The van der Waals surface area contributed by atoms with Crippen LogP contribution in [0, 0.1) is 0 Å². The third-order valence-corrected chi connectivity index (χ3v) is 7.33. The maximum atomic E-state index is 3.72. The van der Waals surface area contributed by atoms with Crippen LogP contribution in [-0.2, 0) is 0 Å². The fourth-order valence-electron chi connectivity index (χ4n) is 2.62. The Balaban J connectivity index is 1.96. The van der Waals surface area contributed by atoms with E-state index in [0.29, 0.717) is 11.3 Å². The molecular formula is C15H19NS3. The van der Waals surface area contributed by atoms with E-state index in [0.717, 1.165) is 6.54 Å². The SMILES string of the molecule is CCNC(c1cccc2ccsc12)C1CSCCS1. The van der Waals surface area contributed by atoms with Gasteiger partial charge in [-0.1, -0.05) is 25.1 Å². The average molecular weight is 310 g/mol. The molecule has 2 heterocycles. The Morgan fingerprint density at radius 3 is 3.05 bits per heavy atom. The van der Waals surface area contributed by atoms with E-state index in [1.807, 2.05) is 11.3 Å². The van der Waals surface area contributed by atoms with Crippen LogP contribution in [0.3, 0.4) is 0 Å². The van der Waals surface area contributed by atoms with Gasteiger partial charge in [0, 0.05) is 33.3 Å². The summed E-state index contributed by atoms with van der Waals surface area (Å²) in [5.74, 6) is 3.87. The van der Waals surface area contributed by atoms with Crippen LogP contribution >= 0.6 is 34.9 Å². The Morgan fingerprint density at radius 2 is 2.26 bits per heavy atom. The first-order chi connectivity index (χ1) is 9.40.